The Hall–Kier alpha value is -1.97. The Morgan fingerprint density at radius 3 is 2.53 bits per heavy atom. The van der Waals surface area contributed by atoms with Crippen molar-refractivity contribution >= 4 is 11.8 Å². The number of ketones is 1. The SMILES string of the molecule is C=C(C)OC(=O)CCCC(=O)c1ccncc1. The van der Waals surface area contributed by atoms with E-state index < -0.39 is 0 Å². The van der Waals surface area contributed by atoms with Gasteiger partial charge in [-0.05, 0) is 25.5 Å². The number of carbonyl (C=O) groups excluding carboxylic acids is 2. The zero-order chi connectivity index (χ0) is 12.7. The number of esters is 1. The summed E-state index contributed by atoms with van der Waals surface area (Å²) in [5, 5.41) is 0. The number of aromatic nitrogens is 1. The molecule has 4 nitrogen and oxygen atoms in total. The van der Waals surface area contributed by atoms with Gasteiger partial charge in [0.15, 0.2) is 5.78 Å². The molecule has 0 aliphatic heterocycles. The molecular formula is C13H15NO3. The first-order chi connectivity index (χ1) is 8.09. The average Bonchev–Trinajstić information content (AvgIpc) is 2.29. The first-order valence-corrected chi connectivity index (χ1v) is 5.39. The molecule has 0 spiro atoms. The quantitative estimate of drug-likeness (QED) is 0.430. The average molecular weight is 233 g/mol. The Kier molecular flexibility index (Phi) is 5.07. The number of ether oxygens (including phenoxy) is 1. The van der Waals surface area contributed by atoms with Crippen LogP contribution in [-0.4, -0.2) is 16.7 Å². The van der Waals surface area contributed by atoms with Gasteiger partial charge in [-0.3, -0.25) is 14.6 Å². The van der Waals surface area contributed by atoms with E-state index in [1.165, 1.54) is 0 Å². The Morgan fingerprint density at radius 2 is 1.94 bits per heavy atom. The molecule has 0 unspecified atom stereocenters. The molecule has 1 aromatic heterocycles. The molecule has 0 fully saturated rings. The Morgan fingerprint density at radius 1 is 1.29 bits per heavy atom. The molecule has 0 N–H and O–H groups in total. The Balaban J connectivity index is 2.30. The number of allylic oxidation sites excluding steroid dienone is 1. The van der Waals surface area contributed by atoms with Gasteiger partial charge in [0, 0.05) is 30.8 Å². The molecule has 0 atom stereocenters. The second-order valence-electron chi connectivity index (χ2n) is 3.69. The van der Waals surface area contributed by atoms with Crippen molar-refractivity contribution in [3.05, 3.63) is 42.4 Å². The molecule has 90 valence electrons. The molecule has 0 amide bonds. The normalized spacial score (nSPS) is 9.71. The molecule has 1 aromatic rings. The second-order valence-corrected chi connectivity index (χ2v) is 3.69. The molecule has 0 aromatic carbocycles. The lowest BCUT2D eigenvalue weighted by atomic mass is 10.1. The summed E-state index contributed by atoms with van der Waals surface area (Å²) in [6.45, 7) is 5.08. The summed E-state index contributed by atoms with van der Waals surface area (Å²) in [4.78, 5) is 26.7. The molecule has 1 heterocycles. The van der Waals surface area contributed by atoms with Crippen molar-refractivity contribution < 1.29 is 14.3 Å². The van der Waals surface area contributed by atoms with Crippen LogP contribution in [-0.2, 0) is 9.53 Å². The van der Waals surface area contributed by atoms with Crippen LogP contribution in [0.2, 0.25) is 0 Å². The van der Waals surface area contributed by atoms with E-state index >= 15 is 0 Å². The van der Waals surface area contributed by atoms with Gasteiger partial charge in [0.1, 0.15) is 0 Å². The maximum atomic E-state index is 11.7. The molecule has 0 saturated carbocycles. The highest BCUT2D eigenvalue weighted by Gasteiger charge is 2.08. The predicted octanol–water partition coefficient (Wildman–Crippen LogP) is 2.51. The van der Waals surface area contributed by atoms with Gasteiger partial charge in [-0.2, -0.15) is 0 Å². The lowest BCUT2D eigenvalue weighted by molar-refractivity contribution is -0.139. The molecular weight excluding hydrogens is 218 g/mol. The lowest BCUT2D eigenvalue weighted by Gasteiger charge is -2.02. The zero-order valence-corrected chi connectivity index (χ0v) is 9.81. The van der Waals surface area contributed by atoms with Gasteiger partial charge in [0.25, 0.3) is 0 Å². The third-order valence-corrected chi connectivity index (χ3v) is 2.08. The minimum Gasteiger partial charge on any atom is -0.432 e. The highest BCUT2D eigenvalue weighted by atomic mass is 16.5. The van der Waals surface area contributed by atoms with Crippen molar-refractivity contribution in [1.82, 2.24) is 4.98 Å². The van der Waals surface area contributed by atoms with Gasteiger partial charge < -0.3 is 4.74 Å². The summed E-state index contributed by atoms with van der Waals surface area (Å²) in [6.07, 6.45) is 4.18. The summed E-state index contributed by atoms with van der Waals surface area (Å²) in [5.74, 6) is 0.0333. The number of pyridine rings is 1. The number of carbonyl (C=O) groups is 2. The van der Waals surface area contributed by atoms with Gasteiger partial charge in [-0.1, -0.05) is 6.58 Å². The third kappa shape index (κ3) is 5.06. The molecule has 0 aliphatic carbocycles. The van der Waals surface area contributed by atoms with Crippen LogP contribution in [0, 0.1) is 0 Å². The van der Waals surface area contributed by atoms with Gasteiger partial charge in [-0.25, -0.2) is 0 Å². The molecule has 1 rings (SSSR count). The monoisotopic (exact) mass is 233 g/mol. The topological polar surface area (TPSA) is 56.3 Å². The number of rotatable bonds is 6. The van der Waals surface area contributed by atoms with Crippen LogP contribution >= 0.6 is 0 Å². The number of Topliss-reactive ketones (excluding diaryl/α,β-unsaturated/α-hetero) is 1. The molecule has 0 radical (unpaired) electrons. The van der Waals surface area contributed by atoms with Gasteiger partial charge in [0.2, 0.25) is 0 Å². The fourth-order valence-electron chi connectivity index (χ4n) is 1.32. The van der Waals surface area contributed by atoms with Crippen LogP contribution in [0.25, 0.3) is 0 Å². The van der Waals surface area contributed by atoms with E-state index in [1.54, 1.807) is 31.5 Å². The molecule has 0 saturated heterocycles. The summed E-state index contributed by atoms with van der Waals surface area (Å²) in [5.41, 5.74) is 0.619. The maximum Gasteiger partial charge on any atom is 0.310 e. The van der Waals surface area contributed by atoms with Crippen LogP contribution in [0.3, 0.4) is 0 Å². The summed E-state index contributed by atoms with van der Waals surface area (Å²) in [6, 6.07) is 3.32. The largest absolute Gasteiger partial charge is 0.432 e. The second kappa shape index (κ2) is 6.58. The lowest BCUT2D eigenvalue weighted by Crippen LogP contribution is -2.05. The molecule has 0 bridgehead atoms. The van der Waals surface area contributed by atoms with E-state index in [4.69, 9.17) is 4.74 Å². The maximum absolute atomic E-state index is 11.7. The van der Waals surface area contributed by atoms with E-state index in [2.05, 4.69) is 11.6 Å². The van der Waals surface area contributed by atoms with Crippen LogP contribution in [0.15, 0.2) is 36.9 Å². The van der Waals surface area contributed by atoms with E-state index in [9.17, 15) is 9.59 Å². The van der Waals surface area contributed by atoms with Crippen molar-refractivity contribution in [2.45, 2.75) is 26.2 Å². The minimum absolute atomic E-state index is 0.00975. The fourth-order valence-corrected chi connectivity index (χ4v) is 1.32. The van der Waals surface area contributed by atoms with Crippen molar-refractivity contribution in [1.29, 1.82) is 0 Å². The van der Waals surface area contributed by atoms with Crippen LogP contribution in [0.5, 0.6) is 0 Å². The van der Waals surface area contributed by atoms with Gasteiger partial charge in [0.05, 0.1) is 5.76 Å². The van der Waals surface area contributed by atoms with Gasteiger partial charge >= 0.3 is 5.97 Å². The zero-order valence-electron chi connectivity index (χ0n) is 9.81. The third-order valence-electron chi connectivity index (χ3n) is 2.08. The van der Waals surface area contributed by atoms with Crippen molar-refractivity contribution in [3.8, 4) is 0 Å². The summed E-state index contributed by atoms with van der Waals surface area (Å²) < 4.78 is 4.78. The van der Waals surface area contributed by atoms with Crippen molar-refractivity contribution in [3.63, 3.8) is 0 Å². The summed E-state index contributed by atoms with van der Waals surface area (Å²) in [7, 11) is 0. The highest BCUT2D eigenvalue weighted by Crippen LogP contribution is 2.07. The van der Waals surface area contributed by atoms with Crippen molar-refractivity contribution in [2.75, 3.05) is 0 Å². The van der Waals surface area contributed by atoms with E-state index in [0.29, 0.717) is 24.2 Å². The predicted molar refractivity (Wildman–Crippen MR) is 63.3 cm³/mol. The highest BCUT2D eigenvalue weighted by molar-refractivity contribution is 5.96. The van der Waals surface area contributed by atoms with Gasteiger partial charge in [-0.15, -0.1) is 0 Å². The van der Waals surface area contributed by atoms with E-state index in [1.807, 2.05) is 0 Å². The Bertz CT molecular complexity index is 412. The summed E-state index contributed by atoms with van der Waals surface area (Å²) >= 11 is 0. The first-order valence-electron chi connectivity index (χ1n) is 5.39. The fraction of sp³-hybridized carbons (Fsp3) is 0.308. The standard InChI is InChI=1S/C13H15NO3/c1-10(2)17-13(16)5-3-4-12(15)11-6-8-14-9-7-11/h6-9H,1,3-5H2,2H3. The van der Waals surface area contributed by atoms with E-state index in [-0.39, 0.29) is 18.2 Å². The van der Waals surface area contributed by atoms with Crippen molar-refractivity contribution in [2.24, 2.45) is 0 Å². The first kappa shape index (κ1) is 13.1. The minimum atomic E-state index is -0.347. The van der Waals surface area contributed by atoms with Crippen LogP contribution < -0.4 is 0 Å². The number of hydrogen-bond donors (Lipinski definition) is 0. The number of nitrogens with zero attached hydrogens (tertiary/aromatic N) is 1. The number of hydrogen-bond acceptors (Lipinski definition) is 4. The van der Waals surface area contributed by atoms with E-state index in [0.717, 1.165) is 0 Å². The molecule has 0 aliphatic rings. The van der Waals surface area contributed by atoms with Crippen LogP contribution in [0.1, 0.15) is 36.5 Å². The molecule has 4 heteroatoms. The Labute approximate surface area is 100 Å². The smallest absolute Gasteiger partial charge is 0.310 e. The van der Waals surface area contributed by atoms with Crippen LogP contribution in [0.4, 0.5) is 0 Å². The molecule has 17 heavy (non-hydrogen) atoms.